The molecule has 1 aliphatic rings. The molecular weight excluding hydrogens is 298 g/mol. The second kappa shape index (κ2) is 5.92. The molecule has 6 heteroatoms. The number of ether oxygens (including phenoxy) is 1. The van der Waals surface area contributed by atoms with E-state index in [9.17, 15) is 8.42 Å². The minimum Gasteiger partial charge on any atom is -0.495 e. The highest BCUT2D eigenvalue weighted by Crippen LogP contribution is 2.32. The number of hydrogen-bond donors (Lipinski definition) is 0. The molecule has 0 amide bonds. The first-order valence-corrected chi connectivity index (χ1v) is 8.50. The monoisotopic (exact) mass is 317 g/mol. The van der Waals surface area contributed by atoms with Crippen molar-refractivity contribution in [3.8, 4) is 5.75 Å². The molecule has 4 nitrogen and oxygen atoms in total. The molecule has 0 spiro atoms. The Kier molecular flexibility index (Phi) is 4.62. The van der Waals surface area contributed by atoms with Crippen molar-refractivity contribution < 1.29 is 13.2 Å². The Balaban J connectivity index is 2.42. The number of halogens is 1. The summed E-state index contributed by atoms with van der Waals surface area (Å²) in [6, 6.07) is 4.67. The van der Waals surface area contributed by atoms with Gasteiger partial charge in [-0.05, 0) is 36.5 Å². The van der Waals surface area contributed by atoms with E-state index < -0.39 is 10.0 Å². The molecule has 1 aromatic rings. The molecule has 1 saturated heterocycles. The van der Waals surface area contributed by atoms with Gasteiger partial charge in [0.15, 0.2) is 0 Å². The van der Waals surface area contributed by atoms with Gasteiger partial charge in [-0.2, -0.15) is 4.31 Å². The molecule has 1 fully saturated rings. The van der Waals surface area contributed by atoms with Crippen molar-refractivity contribution in [2.45, 2.75) is 25.2 Å². The topological polar surface area (TPSA) is 46.6 Å². The average molecular weight is 318 g/mol. The number of sulfonamides is 1. The van der Waals surface area contributed by atoms with Gasteiger partial charge in [-0.3, -0.25) is 0 Å². The first-order chi connectivity index (χ1) is 9.34. The van der Waals surface area contributed by atoms with E-state index in [4.69, 9.17) is 16.3 Å². The van der Waals surface area contributed by atoms with Gasteiger partial charge in [0, 0.05) is 18.1 Å². The molecule has 1 heterocycles. The number of piperidine rings is 1. The first-order valence-electron chi connectivity index (χ1n) is 6.68. The first kappa shape index (κ1) is 15.6. The van der Waals surface area contributed by atoms with Crippen LogP contribution in [-0.4, -0.2) is 32.9 Å². The molecule has 0 aliphatic carbocycles. The van der Waals surface area contributed by atoms with E-state index in [0.717, 1.165) is 6.42 Å². The second-order valence-corrected chi connectivity index (χ2v) is 7.91. The van der Waals surface area contributed by atoms with Crippen LogP contribution >= 0.6 is 11.6 Å². The fourth-order valence-corrected chi connectivity index (χ4v) is 4.89. The summed E-state index contributed by atoms with van der Waals surface area (Å²) in [6.07, 6.45) is 1.05. The summed E-state index contributed by atoms with van der Waals surface area (Å²) in [5.41, 5.74) is 0. The lowest BCUT2D eigenvalue weighted by Gasteiger charge is -2.34. The Hall–Kier alpha value is -0.780. The van der Waals surface area contributed by atoms with Gasteiger partial charge in [-0.25, -0.2) is 8.42 Å². The van der Waals surface area contributed by atoms with E-state index in [1.54, 1.807) is 16.4 Å². The van der Waals surface area contributed by atoms with Gasteiger partial charge in [0.2, 0.25) is 10.0 Å². The molecule has 1 aliphatic heterocycles. The Bertz CT molecular complexity index is 578. The number of methoxy groups -OCH3 is 1. The summed E-state index contributed by atoms with van der Waals surface area (Å²) in [5.74, 6) is 1.05. The normalized spacial score (nSPS) is 24.6. The van der Waals surface area contributed by atoms with Crippen LogP contribution in [0.4, 0.5) is 0 Å². The predicted molar refractivity (Wildman–Crippen MR) is 79.7 cm³/mol. The molecule has 0 aromatic heterocycles. The van der Waals surface area contributed by atoms with Crippen molar-refractivity contribution in [2.24, 2.45) is 11.8 Å². The van der Waals surface area contributed by atoms with Crippen LogP contribution in [0, 0.1) is 11.8 Å². The van der Waals surface area contributed by atoms with E-state index in [1.165, 1.54) is 13.2 Å². The largest absolute Gasteiger partial charge is 0.495 e. The minimum atomic E-state index is -3.57. The molecule has 2 rings (SSSR count). The van der Waals surface area contributed by atoms with Crippen LogP contribution in [0.15, 0.2) is 23.1 Å². The third-order valence-corrected chi connectivity index (χ3v) is 5.67. The van der Waals surface area contributed by atoms with Crippen LogP contribution in [-0.2, 0) is 10.0 Å². The van der Waals surface area contributed by atoms with Crippen molar-refractivity contribution in [2.75, 3.05) is 20.2 Å². The van der Waals surface area contributed by atoms with Gasteiger partial charge >= 0.3 is 0 Å². The van der Waals surface area contributed by atoms with Crippen LogP contribution in [0.5, 0.6) is 5.75 Å². The molecule has 1 aromatic carbocycles. The third kappa shape index (κ3) is 3.10. The van der Waals surface area contributed by atoms with Gasteiger partial charge in [-0.15, -0.1) is 0 Å². The van der Waals surface area contributed by atoms with Crippen LogP contribution in [0.2, 0.25) is 5.02 Å². The lowest BCUT2D eigenvalue weighted by atomic mass is 9.94. The summed E-state index contributed by atoms with van der Waals surface area (Å²) in [6.45, 7) is 5.24. The summed E-state index contributed by atoms with van der Waals surface area (Å²) >= 11 is 5.94. The number of rotatable bonds is 3. The van der Waals surface area contributed by atoms with Crippen LogP contribution in [0.3, 0.4) is 0 Å². The van der Waals surface area contributed by atoms with Crippen LogP contribution < -0.4 is 4.74 Å². The molecule has 112 valence electrons. The highest BCUT2D eigenvalue weighted by atomic mass is 35.5. The summed E-state index contributed by atoms with van der Waals surface area (Å²) < 4.78 is 32.3. The fraction of sp³-hybridized carbons (Fsp3) is 0.571. The van der Waals surface area contributed by atoms with Crippen LogP contribution in [0.1, 0.15) is 20.3 Å². The summed E-state index contributed by atoms with van der Waals surface area (Å²) in [4.78, 5) is 0.147. The zero-order valence-corrected chi connectivity index (χ0v) is 13.5. The van der Waals surface area contributed by atoms with Crippen molar-refractivity contribution in [3.63, 3.8) is 0 Å². The summed E-state index contributed by atoms with van der Waals surface area (Å²) in [5, 5.41) is 0.391. The van der Waals surface area contributed by atoms with Gasteiger partial charge in [-0.1, -0.05) is 25.4 Å². The van der Waals surface area contributed by atoms with E-state index in [1.807, 2.05) is 0 Å². The molecule has 0 saturated carbocycles. The van der Waals surface area contributed by atoms with Crippen molar-refractivity contribution >= 4 is 21.6 Å². The smallest absolute Gasteiger partial charge is 0.246 e. The third-order valence-electron chi connectivity index (χ3n) is 3.58. The average Bonchev–Trinajstić information content (AvgIpc) is 2.37. The standard InChI is InChI=1S/C14H20ClNO3S/c1-10-6-11(2)9-16(8-10)20(17,18)14-7-12(15)4-5-13(14)19-3/h4-5,7,10-11H,6,8-9H2,1-3H3/t10-,11-/m1/s1. The molecule has 0 unspecified atom stereocenters. The Morgan fingerprint density at radius 3 is 2.40 bits per heavy atom. The lowest BCUT2D eigenvalue weighted by Crippen LogP contribution is -2.42. The quantitative estimate of drug-likeness (QED) is 0.861. The van der Waals surface area contributed by atoms with Crippen LogP contribution in [0.25, 0.3) is 0 Å². The number of hydrogen-bond acceptors (Lipinski definition) is 3. The van der Waals surface area contributed by atoms with Crippen molar-refractivity contribution in [3.05, 3.63) is 23.2 Å². The maximum Gasteiger partial charge on any atom is 0.246 e. The SMILES string of the molecule is COc1ccc(Cl)cc1S(=O)(=O)N1C[C@H](C)C[C@@H](C)C1. The van der Waals surface area contributed by atoms with E-state index in [2.05, 4.69) is 13.8 Å². The lowest BCUT2D eigenvalue weighted by molar-refractivity contribution is 0.222. The Morgan fingerprint density at radius 1 is 1.25 bits per heavy atom. The van der Waals surface area contributed by atoms with Gasteiger partial charge < -0.3 is 4.74 Å². The molecule has 0 radical (unpaired) electrons. The fourth-order valence-electron chi connectivity index (χ4n) is 2.79. The molecule has 20 heavy (non-hydrogen) atoms. The van der Waals surface area contributed by atoms with Gasteiger partial charge in [0.05, 0.1) is 7.11 Å². The number of nitrogens with zero attached hydrogens (tertiary/aromatic N) is 1. The predicted octanol–water partition coefficient (Wildman–Crippen LogP) is 3.02. The summed E-state index contributed by atoms with van der Waals surface area (Å²) in [7, 11) is -2.11. The maximum absolute atomic E-state index is 12.8. The zero-order chi connectivity index (χ0) is 14.9. The van der Waals surface area contributed by atoms with E-state index in [-0.39, 0.29) is 4.90 Å². The second-order valence-electron chi connectivity index (χ2n) is 5.56. The van der Waals surface area contributed by atoms with Gasteiger partial charge in [0.25, 0.3) is 0 Å². The molecule has 2 atom stereocenters. The van der Waals surface area contributed by atoms with Crippen molar-refractivity contribution in [1.29, 1.82) is 0 Å². The minimum absolute atomic E-state index is 0.147. The van der Waals surface area contributed by atoms with E-state index >= 15 is 0 Å². The Labute approximate surface area is 125 Å². The highest BCUT2D eigenvalue weighted by molar-refractivity contribution is 7.89. The number of benzene rings is 1. The van der Waals surface area contributed by atoms with Crippen molar-refractivity contribution in [1.82, 2.24) is 4.31 Å². The molecular formula is C14H20ClNO3S. The Morgan fingerprint density at radius 2 is 1.85 bits per heavy atom. The van der Waals surface area contributed by atoms with Gasteiger partial charge in [0.1, 0.15) is 10.6 Å². The van der Waals surface area contributed by atoms with E-state index in [0.29, 0.717) is 35.7 Å². The molecule has 0 N–H and O–H groups in total. The molecule has 0 bridgehead atoms. The maximum atomic E-state index is 12.8. The highest BCUT2D eigenvalue weighted by Gasteiger charge is 2.33. The zero-order valence-electron chi connectivity index (χ0n) is 12.0.